The Morgan fingerprint density at radius 3 is 2.69 bits per heavy atom. The minimum atomic E-state index is -3.44. The van der Waals surface area contributed by atoms with Crippen LogP contribution in [0.15, 0.2) is 22.6 Å². The van der Waals surface area contributed by atoms with E-state index in [9.17, 15) is 8.42 Å². The maximum atomic E-state index is 10.5. The van der Waals surface area contributed by atoms with Gasteiger partial charge in [-0.3, -0.25) is 0 Å². The van der Waals surface area contributed by atoms with E-state index in [1.807, 2.05) is 6.92 Å². The zero-order chi connectivity index (χ0) is 9.90. The molecule has 0 N–H and O–H groups in total. The van der Waals surface area contributed by atoms with Gasteiger partial charge in [0.2, 0.25) is 9.05 Å². The lowest BCUT2D eigenvalue weighted by molar-refractivity contribution is 0.525. The van der Waals surface area contributed by atoms with Crippen LogP contribution < -0.4 is 0 Å². The second-order valence-electron chi connectivity index (χ2n) is 2.56. The summed E-state index contributed by atoms with van der Waals surface area (Å²) in [4.78, 5) is 0. The molecule has 0 saturated heterocycles. The van der Waals surface area contributed by atoms with Crippen molar-refractivity contribution < 1.29 is 12.8 Å². The van der Waals surface area contributed by atoms with Crippen molar-refractivity contribution in [1.29, 1.82) is 0 Å². The van der Waals surface area contributed by atoms with Crippen LogP contribution in [0, 0.1) is 6.92 Å². The van der Waals surface area contributed by atoms with E-state index < -0.39 is 9.05 Å². The van der Waals surface area contributed by atoms with Crippen LogP contribution in [0.3, 0.4) is 0 Å². The number of furan rings is 1. The SMILES string of the molecule is Cc1ccc(/C=C\CS(=O)(=O)Cl)o1. The fourth-order valence-electron chi connectivity index (χ4n) is 0.822. The quantitative estimate of drug-likeness (QED) is 0.734. The lowest BCUT2D eigenvalue weighted by Gasteiger charge is -1.86. The van der Waals surface area contributed by atoms with E-state index in [0.717, 1.165) is 5.76 Å². The second-order valence-corrected chi connectivity index (χ2v) is 5.38. The van der Waals surface area contributed by atoms with Gasteiger partial charge < -0.3 is 4.42 Å². The standard InChI is InChI=1S/C8H9ClO3S/c1-7-4-5-8(12-7)3-2-6-13(9,10)11/h2-5H,6H2,1H3/b3-2-. The molecule has 0 aliphatic carbocycles. The molecule has 0 unspecified atom stereocenters. The van der Waals surface area contributed by atoms with Crippen molar-refractivity contribution >= 4 is 25.8 Å². The first-order valence-corrected chi connectivity index (χ1v) is 6.10. The van der Waals surface area contributed by atoms with E-state index in [0.29, 0.717) is 5.76 Å². The van der Waals surface area contributed by atoms with Crippen molar-refractivity contribution in [2.45, 2.75) is 6.92 Å². The van der Waals surface area contributed by atoms with Gasteiger partial charge in [-0.1, -0.05) is 6.08 Å². The highest BCUT2D eigenvalue weighted by atomic mass is 35.7. The normalized spacial score (nSPS) is 12.5. The Morgan fingerprint density at radius 2 is 2.23 bits per heavy atom. The van der Waals surface area contributed by atoms with Crippen LogP contribution in [0.5, 0.6) is 0 Å². The Labute approximate surface area is 81.4 Å². The Hall–Kier alpha value is -0.740. The van der Waals surface area contributed by atoms with Crippen molar-refractivity contribution in [3.8, 4) is 0 Å². The van der Waals surface area contributed by atoms with Crippen LogP contribution in [0.25, 0.3) is 6.08 Å². The minimum absolute atomic E-state index is 0.186. The summed E-state index contributed by atoms with van der Waals surface area (Å²) in [6.07, 6.45) is 3.02. The predicted octanol–water partition coefficient (Wildman–Crippen LogP) is 2.17. The first kappa shape index (κ1) is 10.3. The molecule has 72 valence electrons. The first-order chi connectivity index (χ1) is 5.97. The van der Waals surface area contributed by atoms with Crippen LogP contribution in [-0.4, -0.2) is 14.2 Å². The average molecular weight is 221 g/mol. The summed E-state index contributed by atoms with van der Waals surface area (Å²) in [5, 5.41) is 0. The molecule has 1 aromatic heterocycles. The van der Waals surface area contributed by atoms with E-state index in [1.54, 1.807) is 18.2 Å². The molecule has 0 aliphatic rings. The van der Waals surface area contributed by atoms with Gasteiger partial charge in [0, 0.05) is 10.7 Å². The molecule has 1 aromatic rings. The number of hydrogen-bond donors (Lipinski definition) is 0. The van der Waals surface area contributed by atoms with Gasteiger partial charge in [0.1, 0.15) is 11.5 Å². The third-order valence-corrected chi connectivity index (χ3v) is 2.31. The maximum Gasteiger partial charge on any atom is 0.236 e. The Balaban J connectivity index is 2.60. The van der Waals surface area contributed by atoms with Crippen molar-refractivity contribution in [3.63, 3.8) is 0 Å². The highest BCUT2D eigenvalue weighted by molar-refractivity contribution is 8.13. The number of halogens is 1. The Morgan fingerprint density at radius 1 is 1.54 bits per heavy atom. The topological polar surface area (TPSA) is 47.3 Å². The van der Waals surface area contributed by atoms with Gasteiger partial charge in [0.15, 0.2) is 0 Å². The largest absolute Gasteiger partial charge is 0.462 e. The second kappa shape index (κ2) is 3.98. The molecule has 0 aromatic carbocycles. The van der Waals surface area contributed by atoms with Crippen LogP contribution in [0.1, 0.15) is 11.5 Å². The fourth-order valence-corrected chi connectivity index (χ4v) is 1.37. The lowest BCUT2D eigenvalue weighted by Crippen LogP contribution is -1.91. The molecule has 0 spiro atoms. The third-order valence-electron chi connectivity index (χ3n) is 1.34. The molecule has 1 heterocycles. The van der Waals surface area contributed by atoms with E-state index in [1.165, 1.54) is 6.08 Å². The molecular formula is C8H9ClO3S. The summed E-state index contributed by atoms with van der Waals surface area (Å²) in [6, 6.07) is 3.56. The van der Waals surface area contributed by atoms with Crippen LogP contribution in [0.2, 0.25) is 0 Å². The number of rotatable bonds is 3. The van der Waals surface area contributed by atoms with E-state index in [-0.39, 0.29) is 5.75 Å². The molecule has 0 saturated carbocycles. The van der Waals surface area contributed by atoms with E-state index >= 15 is 0 Å². The van der Waals surface area contributed by atoms with Gasteiger partial charge in [0.25, 0.3) is 0 Å². The molecule has 0 atom stereocenters. The van der Waals surface area contributed by atoms with E-state index in [2.05, 4.69) is 0 Å². The molecule has 5 heteroatoms. The molecule has 13 heavy (non-hydrogen) atoms. The highest BCUT2D eigenvalue weighted by Gasteiger charge is 2.00. The minimum Gasteiger partial charge on any atom is -0.462 e. The molecule has 1 rings (SSSR count). The van der Waals surface area contributed by atoms with Crippen molar-refractivity contribution in [1.82, 2.24) is 0 Å². The fraction of sp³-hybridized carbons (Fsp3) is 0.250. The van der Waals surface area contributed by atoms with E-state index in [4.69, 9.17) is 15.1 Å². The van der Waals surface area contributed by atoms with Crippen LogP contribution in [-0.2, 0) is 9.05 Å². The molecular weight excluding hydrogens is 212 g/mol. The monoisotopic (exact) mass is 220 g/mol. The van der Waals surface area contributed by atoms with Gasteiger partial charge in [-0.05, 0) is 25.1 Å². The van der Waals surface area contributed by atoms with Gasteiger partial charge in [-0.15, -0.1) is 0 Å². The third kappa shape index (κ3) is 4.15. The van der Waals surface area contributed by atoms with Gasteiger partial charge >= 0.3 is 0 Å². The zero-order valence-electron chi connectivity index (χ0n) is 7.03. The molecule has 0 amide bonds. The smallest absolute Gasteiger partial charge is 0.236 e. The molecule has 3 nitrogen and oxygen atoms in total. The zero-order valence-corrected chi connectivity index (χ0v) is 8.60. The summed E-state index contributed by atoms with van der Waals surface area (Å²) in [5.41, 5.74) is 0. The van der Waals surface area contributed by atoms with Crippen molar-refractivity contribution in [2.75, 3.05) is 5.75 Å². The molecule has 0 aliphatic heterocycles. The highest BCUT2D eigenvalue weighted by Crippen LogP contribution is 2.08. The summed E-state index contributed by atoms with van der Waals surface area (Å²) < 4.78 is 26.2. The molecule has 0 bridgehead atoms. The maximum absolute atomic E-state index is 10.5. The number of hydrogen-bond acceptors (Lipinski definition) is 3. The summed E-state index contributed by atoms with van der Waals surface area (Å²) in [7, 11) is 1.55. The van der Waals surface area contributed by atoms with Gasteiger partial charge in [-0.2, -0.15) is 0 Å². The van der Waals surface area contributed by atoms with Crippen LogP contribution >= 0.6 is 10.7 Å². The Bertz CT molecular complexity index is 403. The summed E-state index contributed by atoms with van der Waals surface area (Å²) in [5.74, 6) is 1.22. The lowest BCUT2D eigenvalue weighted by atomic mass is 10.4. The first-order valence-electron chi connectivity index (χ1n) is 3.63. The number of aryl methyl sites for hydroxylation is 1. The van der Waals surface area contributed by atoms with Crippen LogP contribution in [0.4, 0.5) is 0 Å². The summed E-state index contributed by atoms with van der Waals surface area (Å²) in [6.45, 7) is 1.82. The van der Waals surface area contributed by atoms with Gasteiger partial charge in [-0.25, -0.2) is 8.42 Å². The average Bonchev–Trinajstić information content (AvgIpc) is 2.33. The predicted molar refractivity (Wildman–Crippen MR) is 52.1 cm³/mol. The molecule has 0 fully saturated rings. The molecule has 0 radical (unpaired) electrons. The summed E-state index contributed by atoms with van der Waals surface area (Å²) >= 11 is 0. The van der Waals surface area contributed by atoms with Gasteiger partial charge in [0.05, 0.1) is 5.75 Å². The van der Waals surface area contributed by atoms with Crippen molar-refractivity contribution in [3.05, 3.63) is 29.7 Å². The Kier molecular flexibility index (Phi) is 3.17. The van der Waals surface area contributed by atoms with Crippen molar-refractivity contribution in [2.24, 2.45) is 0 Å².